The molecule has 7 nitrogen and oxygen atoms in total. The number of carbonyl (C=O) groups is 2. The Morgan fingerprint density at radius 3 is 2.32 bits per heavy atom. The van der Waals surface area contributed by atoms with Crippen molar-refractivity contribution in [2.75, 3.05) is 11.4 Å². The smallest absolute Gasteiger partial charge is 0.394 e. The van der Waals surface area contributed by atoms with Crippen LogP contribution in [-0.2, 0) is 9.59 Å². The lowest BCUT2D eigenvalue weighted by Gasteiger charge is -2.19. The summed E-state index contributed by atoms with van der Waals surface area (Å²) >= 11 is 11.4. The van der Waals surface area contributed by atoms with Gasteiger partial charge in [-0.25, -0.2) is 4.79 Å². The third-order valence-corrected chi connectivity index (χ3v) is 2.97. The van der Waals surface area contributed by atoms with Gasteiger partial charge in [-0.05, 0) is 13.0 Å². The van der Waals surface area contributed by atoms with Gasteiger partial charge in [-0.2, -0.15) is 0 Å². The van der Waals surface area contributed by atoms with Crippen molar-refractivity contribution >= 4 is 46.5 Å². The maximum absolute atomic E-state index is 11.5. The van der Waals surface area contributed by atoms with Crippen LogP contribution in [0.4, 0.5) is 11.4 Å². The van der Waals surface area contributed by atoms with Crippen molar-refractivity contribution in [1.82, 2.24) is 0 Å². The molecule has 1 amide bonds. The van der Waals surface area contributed by atoms with Crippen molar-refractivity contribution in [3.8, 4) is 0 Å². The van der Waals surface area contributed by atoms with Gasteiger partial charge in [-0.1, -0.05) is 23.2 Å². The quantitative estimate of drug-likeness (QED) is 0.524. The summed E-state index contributed by atoms with van der Waals surface area (Å²) in [5.41, 5.74) is -0.708. The number of halogens is 2. The third kappa shape index (κ3) is 3.12. The number of hydrogen-bond donors (Lipinski definition) is 1. The summed E-state index contributed by atoms with van der Waals surface area (Å²) in [5.74, 6) is -3.01. The molecule has 1 N–H and O–H groups in total. The molecule has 9 heteroatoms. The second-order valence-corrected chi connectivity index (χ2v) is 4.18. The van der Waals surface area contributed by atoms with E-state index in [2.05, 4.69) is 0 Å². The van der Waals surface area contributed by atoms with E-state index in [1.807, 2.05) is 0 Å². The minimum atomic E-state index is -1.72. The second-order valence-electron chi connectivity index (χ2n) is 3.37. The summed E-state index contributed by atoms with van der Waals surface area (Å²) < 4.78 is 0. The average molecular weight is 307 g/mol. The number of nitro benzene ring substituents is 1. The topological polar surface area (TPSA) is 101 Å². The molecular weight excluding hydrogens is 299 g/mol. The summed E-state index contributed by atoms with van der Waals surface area (Å²) in [4.78, 5) is 33.0. The van der Waals surface area contributed by atoms with E-state index in [4.69, 9.17) is 28.3 Å². The van der Waals surface area contributed by atoms with Gasteiger partial charge in [0.15, 0.2) is 0 Å². The molecule has 0 atom stereocenters. The number of carbonyl (C=O) groups excluding carboxylic acids is 1. The predicted octanol–water partition coefficient (Wildman–Crippen LogP) is 2.34. The molecule has 0 bridgehead atoms. The Morgan fingerprint density at radius 2 is 1.89 bits per heavy atom. The SMILES string of the molecule is CCN(C(=O)C(=O)O)c1cc(Cl)c(Cl)cc1[N+](=O)[O-]. The van der Waals surface area contributed by atoms with Gasteiger partial charge in [0.25, 0.3) is 5.69 Å². The minimum absolute atomic E-state index is 0.0149. The fourth-order valence-electron chi connectivity index (χ4n) is 1.43. The normalized spacial score (nSPS) is 10.1. The standard InChI is InChI=1S/C10H8Cl2N2O5/c1-2-13(9(15)10(16)17)7-3-5(11)6(12)4-8(7)14(18)19/h3-4H,2H2,1H3,(H,16,17). The first-order chi connectivity index (χ1) is 8.79. The predicted molar refractivity (Wildman–Crippen MR) is 68.8 cm³/mol. The van der Waals surface area contributed by atoms with E-state index in [0.29, 0.717) is 0 Å². The maximum atomic E-state index is 11.5. The second kappa shape index (κ2) is 5.85. The average Bonchev–Trinajstić information content (AvgIpc) is 2.33. The molecule has 0 spiro atoms. The molecule has 0 saturated heterocycles. The summed E-state index contributed by atoms with van der Waals surface area (Å²) in [6, 6.07) is 2.06. The summed E-state index contributed by atoms with van der Waals surface area (Å²) in [5, 5.41) is 19.5. The highest BCUT2D eigenvalue weighted by Gasteiger charge is 2.28. The zero-order chi connectivity index (χ0) is 14.7. The van der Waals surface area contributed by atoms with Crippen LogP contribution < -0.4 is 4.90 Å². The fraction of sp³-hybridized carbons (Fsp3) is 0.200. The van der Waals surface area contributed by atoms with E-state index >= 15 is 0 Å². The maximum Gasteiger partial charge on any atom is 0.394 e. The van der Waals surface area contributed by atoms with Crippen molar-refractivity contribution < 1.29 is 19.6 Å². The van der Waals surface area contributed by atoms with Gasteiger partial charge >= 0.3 is 11.9 Å². The largest absolute Gasteiger partial charge is 0.474 e. The number of hydrogen-bond acceptors (Lipinski definition) is 4. The van der Waals surface area contributed by atoms with E-state index < -0.39 is 22.5 Å². The number of rotatable bonds is 3. The highest BCUT2D eigenvalue weighted by atomic mass is 35.5. The first-order valence-electron chi connectivity index (χ1n) is 4.97. The van der Waals surface area contributed by atoms with E-state index in [1.54, 1.807) is 0 Å². The lowest BCUT2D eigenvalue weighted by atomic mass is 10.2. The number of benzene rings is 1. The summed E-state index contributed by atoms with van der Waals surface area (Å²) in [7, 11) is 0. The molecule has 0 aliphatic rings. The Hall–Kier alpha value is -1.86. The first-order valence-corrected chi connectivity index (χ1v) is 5.73. The molecule has 0 fully saturated rings. The highest BCUT2D eigenvalue weighted by molar-refractivity contribution is 6.43. The molecule has 0 radical (unpaired) electrons. The van der Waals surface area contributed by atoms with Gasteiger partial charge in [-0.3, -0.25) is 19.8 Å². The summed E-state index contributed by atoms with van der Waals surface area (Å²) in [6.45, 7) is 1.41. The minimum Gasteiger partial charge on any atom is -0.474 e. The fourth-order valence-corrected chi connectivity index (χ4v) is 1.74. The Labute approximate surface area is 117 Å². The van der Waals surface area contributed by atoms with Crippen LogP contribution >= 0.6 is 23.2 Å². The molecule has 0 aliphatic carbocycles. The zero-order valence-electron chi connectivity index (χ0n) is 9.59. The molecule has 1 rings (SSSR count). The molecule has 0 aromatic heterocycles. The monoisotopic (exact) mass is 306 g/mol. The number of anilines is 1. The zero-order valence-corrected chi connectivity index (χ0v) is 11.1. The van der Waals surface area contributed by atoms with Crippen molar-refractivity contribution in [2.45, 2.75) is 6.92 Å². The molecule has 1 aromatic rings. The van der Waals surface area contributed by atoms with Crippen LogP contribution in [0.5, 0.6) is 0 Å². The van der Waals surface area contributed by atoms with Crippen molar-refractivity contribution in [3.63, 3.8) is 0 Å². The molecule has 0 aliphatic heterocycles. The molecule has 0 unspecified atom stereocenters. The molecule has 102 valence electrons. The number of nitro groups is 1. The number of carboxylic acids is 1. The first kappa shape index (κ1) is 15.2. The van der Waals surface area contributed by atoms with Crippen LogP contribution in [-0.4, -0.2) is 28.5 Å². The van der Waals surface area contributed by atoms with Crippen LogP contribution in [0.25, 0.3) is 0 Å². The number of aliphatic carboxylic acids is 1. The lowest BCUT2D eigenvalue weighted by Crippen LogP contribution is -2.36. The van der Waals surface area contributed by atoms with E-state index in [0.717, 1.165) is 17.0 Å². The number of nitrogens with zero attached hydrogens (tertiary/aromatic N) is 2. The lowest BCUT2D eigenvalue weighted by molar-refractivity contribution is -0.384. The highest BCUT2D eigenvalue weighted by Crippen LogP contribution is 2.36. The van der Waals surface area contributed by atoms with Gasteiger partial charge in [0.1, 0.15) is 5.69 Å². The van der Waals surface area contributed by atoms with Crippen LogP contribution in [0.1, 0.15) is 6.92 Å². The van der Waals surface area contributed by atoms with Crippen molar-refractivity contribution in [3.05, 3.63) is 32.3 Å². The van der Waals surface area contributed by atoms with Gasteiger partial charge in [0, 0.05) is 12.6 Å². The number of likely N-dealkylation sites (N-methyl/N-ethyl adjacent to an activating group) is 1. The summed E-state index contributed by atoms with van der Waals surface area (Å²) in [6.07, 6.45) is 0. The number of carboxylic acid groups (broad SMARTS) is 1. The van der Waals surface area contributed by atoms with Gasteiger partial charge in [0.05, 0.1) is 15.0 Å². The molecule has 0 heterocycles. The van der Waals surface area contributed by atoms with E-state index in [-0.39, 0.29) is 22.3 Å². The van der Waals surface area contributed by atoms with Gasteiger partial charge in [-0.15, -0.1) is 0 Å². The van der Waals surface area contributed by atoms with E-state index in [1.165, 1.54) is 6.92 Å². The Bertz CT molecular complexity index is 561. The van der Waals surface area contributed by atoms with Crippen LogP contribution in [0, 0.1) is 10.1 Å². The van der Waals surface area contributed by atoms with Gasteiger partial charge < -0.3 is 5.11 Å². The Balaban J connectivity index is 3.46. The molecular formula is C10H8Cl2N2O5. The number of amides is 1. The van der Waals surface area contributed by atoms with Crippen LogP contribution in [0.15, 0.2) is 12.1 Å². The van der Waals surface area contributed by atoms with Crippen LogP contribution in [0.2, 0.25) is 10.0 Å². The molecule has 1 aromatic carbocycles. The third-order valence-electron chi connectivity index (χ3n) is 2.25. The Kier molecular flexibility index (Phi) is 4.68. The van der Waals surface area contributed by atoms with Crippen molar-refractivity contribution in [1.29, 1.82) is 0 Å². The molecule has 0 saturated carbocycles. The van der Waals surface area contributed by atoms with Crippen molar-refractivity contribution in [2.24, 2.45) is 0 Å². The van der Waals surface area contributed by atoms with Gasteiger partial charge in [0.2, 0.25) is 0 Å². The van der Waals surface area contributed by atoms with Crippen LogP contribution in [0.3, 0.4) is 0 Å². The molecule has 19 heavy (non-hydrogen) atoms. The van der Waals surface area contributed by atoms with E-state index in [9.17, 15) is 19.7 Å². The Morgan fingerprint density at radius 1 is 1.37 bits per heavy atom.